The van der Waals surface area contributed by atoms with Crippen LogP contribution >= 0.6 is 27.7 Å². The summed E-state index contributed by atoms with van der Waals surface area (Å²) in [4.78, 5) is 11.8. The number of nitrogens with one attached hydrogen (secondary N) is 1. The summed E-state index contributed by atoms with van der Waals surface area (Å²) in [7, 11) is 0. The summed E-state index contributed by atoms with van der Waals surface area (Å²) in [6.07, 6.45) is 1.80. The van der Waals surface area contributed by atoms with Gasteiger partial charge in [0.1, 0.15) is 0 Å². The molecule has 0 saturated heterocycles. The van der Waals surface area contributed by atoms with Crippen molar-refractivity contribution in [3.05, 3.63) is 41.4 Å². The maximum Gasteiger partial charge on any atom is 0.230 e. The Balaban J connectivity index is 2.19. The first kappa shape index (κ1) is 17.7. The number of aromatic nitrogens is 3. The van der Waals surface area contributed by atoms with E-state index in [1.807, 2.05) is 42.7 Å². The third kappa shape index (κ3) is 4.94. The number of carbonyl (C=O) groups excluding carboxylic acids is 1. The van der Waals surface area contributed by atoms with Crippen molar-refractivity contribution in [2.75, 3.05) is 5.75 Å². The lowest BCUT2D eigenvalue weighted by Crippen LogP contribution is -2.31. The molecule has 0 unspecified atom stereocenters. The summed E-state index contributed by atoms with van der Waals surface area (Å²) in [5.41, 5.74) is 0.973. The van der Waals surface area contributed by atoms with E-state index in [0.717, 1.165) is 15.9 Å². The van der Waals surface area contributed by atoms with Gasteiger partial charge in [-0.15, -0.1) is 16.8 Å². The molecule has 2 aromatic rings. The van der Waals surface area contributed by atoms with Gasteiger partial charge >= 0.3 is 0 Å². The molecule has 1 heterocycles. The van der Waals surface area contributed by atoms with Crippen molar-refractivity contribution in [3.8, 4) is 11.4 Å². The summed E-state index contributed by atoms with van der Waals surface area (Å²) >= 11 is 4.80. The van der Waals surface area contributed by atoms with Gasteiger partial charge < -0.3 is 5.32 Å². The van der Waals surface area contributed by atoms with Crippen molar-refractivity contribution in [1.82, 2.24) is 20.1 Å². The van der Waals surface area contributed by atoms with E-state index >= 15 is 0 Å². The summed E-state index contributed by atoms with van der Waals surface area (Å²) in [6.45, 7) is 8.26. The van der Waals surface area contributed by atoms with Gasteiger partial charge in [0, 0.05) is 22.6 Å². The van der Waals surface area contributed by atoms with Crippen LogP contribution < -0.4 is 5.32 Å². The van der Waals surface area contributed by atoms with Crippen molar-refractivity contribution >= 4 is 33.6 Å². The summed E-state index contributed by atoms with van der Waals surface area (Å²) in [6, 6.07) is 8.02. The van der Waals surface area contributed by atoms with Crippen LogP contribution in [0, 0.1) is 0 Å². The standard InChI is InChI=1S/C16H19BrN4OS/c1-4-9-21-15(12-5-7-13(17)8-6-12)19-20-16(21)23-10-14(22)18-11(2)3/h4-8,11H,1,9-10H2,2-3H3,(H,18,22). The molecule has 7 heteroatoms. The van der Waals surface area contributed by atoms with Crippen LogP contribution in [-0.2, 0) is 11.3 Å². The second-order valence-corrected chi connectivity index (χ2v) is 7.08. The lowest BCUT2D eigenvalue weighted by Gasteiger charge is -2.09. The van der Waals surface area contributed by atoms with Gasteiger partial charge in [-0.1, -0.05) is 45.9 Å². The number of halogens is 1. The van der Waals surface area contributed by atoms with Crippen LogP contribution in [0.2, 0.25) is 0 Å². The van der Waals surface area contributed by atoms with E-state index in [4.69, 9.17) is 0 Å². The Bertz CT molecular complexity index is 682. The maximum atomic E-state index is 11.8. The van der Waals surface area contributed by atoms with E-state index in [-0.39, 0.29) is 11.9 Å². The van der Waals surface area contributed by atoms with Crippen molar-refractivity contribution in [2.24, 2.45) is 0 Å². The second-order valence-electron chi connectivity index (χ2n) is 5.22. The highest BCUT2D eigenvalue weighted by Crippen LogP contribution is 2.25. The molecule has 0 radical (unpaired) electrons. The Kier molecular flexibility index (Phi) is 6.41. The quantitative estimate of drug-likeness (QED) is 0.576. The molecule has 0 bridgehead atoms. The molecule has 0 aliphatic carbocycles. The highest BCUT2D eigenvalue weighted by molar-refractivity contribution is 9.10. The lowest BCUT2D eigenvalue weighted by molar-refractivity contribution is -0.119. The Morgan fingerprint density at radius 3 is 2.70 bits per heavy atom. The van der Waals surface area contributed by atoms with Gasteiger partial charge in [-0.2, -0.15) is 0 Å². The highest BCUT2D eigenvalue weighted by atomic mass is 79.9. The van der Waals surface area contributed by atoms with Gasteiger partial charge in [-0.25, -0.2) is 0 Å². The van der Waals surface area contributed by atoms with Crippen LogP contribution in [0.5, 0.6) is 0 Å². The Hall–Kier alpha value is -1.60. The number of carbonyl (C=O) groups is 1. The minimum Gasteiger partial charge on any atom is -0.353 e. The molecule has 0 spiro atoms. The highest BCUT2D eigenvalue weighted by Gasteiger charge is 2.15. The zero-order chi connectivity index (χ0) is 16.8. The molecule has 2 rings (SSSR count). The van der Waals surface area contributed by atoms with E-state index < -0.39 is 0 Å². The first-order chi connectivity index (χ1) is 11.0. The SMILES string of the molecule is C=CCn1c(SCC(=O)NC(C)C)nnc1-c1ccc(Br)cc1. The molecule has 1 amide bonds. The predicted octanol–water partition coefficient (Wildman–Crippen LogP) is 3.51. The van der Waals surface area contributed by atoms with Gasteiger partial charge in [0.15, 0.2) is 11.0 Å². The van der Waals surface area contributed by atoms with Crippen molar-refractivity contribution in [3.63, 3.8) is 0 Å². The van der Waals surface area contributed by atoms with Gasteiger partial charge in [0.25, 0.3) is 0 Å². The molecule has 122 valence electrons. The Morgan fingerprint density at radius 1 is 1.39 bits per heavy atom. The van der Waals surface area contributed by atoms with Crippen LogP contribution in [0.15, 0.2) is 46.5 Å². The number of amides is 1. The third-order valence-corrected chi connectivity index (χ3v) is 4.41. The van der Waals surface area contributed by atoms with E-state index in [9.17, 15) is 4.79 Å². The van der Waals surface area contributed by atoms with Crippen LogP contribution in [0.4, 0.5) is 0 Å². The third-order valence-electron chi connectivity index (χ3n) is 2.91. The number of thioether (sulfide) groups is 1. The van der Waals surface area contributed by atoms with Crippen LogP contribution in [0.3, 0.4) is 0 Å². The first-order valence-corrected chi connectivity index (χ1v) is 9.01. The van der Waals surface area contributed by atoms with Crippen LogP contribution in [0.1, 0.15) is 13.8 Å². The fraction of sp³-hybridized carbons (Fsp3) is 0.312. The molecular formula is C16H19BrN4OS. The van der Waals surface area contributed by atoms with E-state index in [1.165, 1.54) is 11.8 Å². The molecule has 0 saturated carbocycles. The molecule has 23 heavy (non-hydrogen) atoms. The molecule has 0 atom stereocenters. The largest absolute Gasteiger partial charge is 0.353 e. The van der Waals surface area contributed by atoms with Gasteiger partial charge in [0.05, 0.1) is 5.75 Å². The first-order valence-electron chi connectivity index (χ1n) is 7.23. The van der Waals surface area contributed by atoms with Crippen molar-refractivity contribution in [1.29, 1.82) is 0 Å². The van der Waals surface area contributed by atoms with Gasteiger partial charge in [-0.05, 0) is 26.0 Å². The number of allylic oxidation sites excluding steroid dienone is 1. The number of hydrogen-bond donors (Lipinski definition) is 1. The van der Waals surface area contributed by atoms with Crippen molar-refractivity contribution in [2.45, 2.75) is 31.6 Å². The minimum absolute atomic E-state index is 0.0108. The van der Waals surface area contributed by atoms with Gasteiger partial charge in [-0.3, -0.25) is 9.36 Å². The van der Waals surface area contributed by atoms with E-state index in [0.29, 0.717) is 17.5 Å². The number of rotatable bonds is 7. The molecule has 1 N–H and O–H groups in total. The predicted molar refractivity (Wildman–Crippen MR) is 97.4 cm³/mol. The lowest BCUT2D eigenvalue weighted by atomic mass is 10.2. The van der Waals surface area contributed by atoms with Crippen LogP contribution in [0.25, 0.3) is 11.4 Å². The fourth-order valence-electron chi connectivity index (χ4n) is 2.00. The minimum atomic E-state index is -0.0108. The molecule has 0 aliphatic heterocycles. The molecule has 1 aromatic heterocycles. The van der Waals surface area contributed by atoms with Gasteiger partial charge in [0.2, 0.25) is 5.91 Å². The fourth-order valence-corrected chi connectivity index (χ4v) is 3.02. The average Bonchev–Trinajstić information content (AvgIpc) is 2.89. The molecule has 0 aliphatic rings. The molecule has 0 fully saturated rings. The zero-order valence-corrected chi connectivity index (χ0v) is 15.5. The monoisotopic (exact) mass is 394 g/mol. The zero-order valence-electron chi connectivity index (χ0n) is 13.1. The Labute approximate surface area is 148 Å². The molecular weight excluding hydrogens is 376 g/mol. The molecule has 1 aromatic carbocycles. The van der Waals surface area contributed by atoms with E-state index in [1.54, 1.807) is 6.08 Å². The normalized spacial score (nSPS) is 10.8. The molecule has 5 nitrogen and oxygen atoms in total. The summed E-state index contributed by atoms with van der Waals surface area (Å²) < 4.78 is 2.97. The second kappa shape index (κ2) is 8.31. The topological polar surface area (TPSA) is 59.8 Å². The summed E-state index contributed by atoms with van der Waals surface area (Å²) in [5.74, 6) is 1.07. The summed E-state index contributed by atoms with van der Waals surface area (Å²) in [5, 5.41) is 12.1. The number of benzene rings is 1. The number of nitrogens with zero attached hydrogens (tertiary/aromatic N) is 3. The average molecular weight is 395 g/mol. The number of hydrogen-bond acceptors (Lipinski definition) is 4. The smallest absolute Gasteiger partial charge is 0.230 e. The van der Waals surface area contributed by atoms with Crippen LogP contribution in [-0.4, -0.2) is 32.5 Å². The Morgan fingerprint density at radius 2 is 2.09 bits per heavy atom. The van der Waals surface area contributed by atoms with Crippen molar-refractivity contribution < 1.29 is 4.79 Å². The maximum absolute atomic E-state index is 11.8. The van der Waals surface area contributed by atoms with E-state index in [2.05, 4.69) is 38.0 Å².